The molecule has 0 spiro atoms. The van der Waals surface area contributed by atoms with E-state index in [0.29, 0.717) is 0 Å². The summed E-state index contributed by atoms with van der Waals surface area (Å²) < 4.78 is 1.92. The molecule has 4 rings (SSSR count). The Bertz CT molecular complexity index is 954. The normalized spacial score (nSPS) is 15.2. The average molecular weight is 404 g/mol. The highest BCUT2D eigenvalue weighted by Crippen LogP contribution is 2.19. The lowest BCUT2D eigenvalue weighted by molar-refractivity contribution is 0.0760. The van der Waals surface area contributed by atoms with E-state index < -0.39 is 0 Å². The Labute approximate surface area is 178 Å². The summed E-state index contributed by atoms with van der Waals surface area (Å²) in [5, 5.41) is 4.57. The lowest BCUT2D eigenvalue weighted by Gasteiger charge is -2.22. The highest BCUT2D eigenvalue weighted by atomic mass is 16.2. The Morgan fingerprint density at radius 1 is 1.00 bits per heavy atom. The van der Waals surface area contributed by atoms with E-state index in [1.165, 1.54) is 5.56 Å². The van der Waals surface area contributed by atoms with Crippen molar-refractivity contribution in [2.75, 3.05) is 26.2 Å². The van der Waals surface area contributed by atoms with E-state index >= 15 is 0 Å². The Hall–Kier alpha value is -2.99. The van der Waals surface area contributed by atoms with E-state index in [9.17, 15) is 4.79 Å². The van der Waals surface area contributed by atoms with E-state index in [1.807, 2.05) is 52.2 Å². The number of carbonyl (C=O) groups excluding carboxylic acids is 1. The second-order valence-corrected chi connectivity index (χ2v) is 7.79. The summed E-state index contributed by atoms with van der Waals surface area (Å²) in [5.74, 6) is 0.101. The highest BCUT2D eigenvalue weighted by Gasteiger charge is 2.25. The molecule has 1 aromatic carbocycles. The fraction of sp³-hybridized carbons (Fsp3) is 0.375. The van der Waals surface area contributed by atoms with Crippen LogP contribution in [0.15, 0.2) is 61.1 Å². The monoisotopic (exact) mass is 403 g/mol. The summed E-state index contributed by atoms with van der Waals surface area (Å²) >= 11 is 0. The van der Waals surface area contributed by atoms with Crippen molar-refractivity contribution in [3.05, 3.63) is 77.9 Å². The van der Waals surface area contributed by atoms with Crippen LogP contribution in [0.4, 0.5) is 0 Å². The average Bonchev–Trinajstić information content (AvgIpc) is 3.06. The molecule has 1 aliphatic heterocycles. The van der Waals surface area contributed by atoms with Gasteiger partial charge in [0.1, 0.15) is 0 Å². The Kier molecular flexibility index (Phi) is 6.54. The third kappa shape index (κ3) is 4.60. The number of nitrogens with zero attached hydrogens (tertiary/aromatic N) is 5. The molecule has 0 bridgehead atoms. The largest absolute Gasteiger partial charge is 0.337 e. The van der Waals surface area contributed by atoms with Crippen LogP contribution in [-0.2, 0) is 13.0 Å². The van der Waals surface area contributed by atoms with Crippen LogP contribution in [0.1, 0.15) is 41.4 Å². The molecule has 0 radical (unpaired) electrons. The summed E-state index contributed by atoms with van der Waals surface area (Å²) in [7, 11) is 0. The van der Waals surface area contributed by atoms with Crippen LogP contribution in [0.3, 0.4) is 0 Å². The SMILES string of the molecule is CCCc1c(C(=O)N2CCCN(Cc3cccnc3)CC2)cnn1-c1ccccc1. The molecule has 1 amide bonds. The third-order valence-corrected chi connectivity index (χ3v) is 5.59. The van der Waals surface area contributed by atoms with Crippen molar-refractivity contribution in [3.63, 3.8) is 0 Å². The molecule has 1 saturated heterocycles. The van der Waals surface area contributed by atoms with Gasteiger partial charge in [-0.05, 0) is 36.6 Å². The van der Waals surface area contributed by atoms with Crippen LogP contribution in [0.25, 0.3) is 5.69 Å². The fourth-order valence-corrected chi connectivity index (χ4v) is 4.07. The molecule has 0 unspecified atom stereocenters. The molecule has 3 heterocycles. The zero-order chi connectivity index (χ0) is 20.8. The number of carbonyl (C=O) groups is 1. The number of amides is 1. The molecule has 30 heavy (non-hydrogen) atoms. The first kappa shape index (κ1) is 20.3. The van der Waals surface area contributed by atoms with Crippen molar-refractivity contribution in [1.29, 1.82) is 0 Å². The van der Waals surface area contributed by atoms with Gasteiger partial charge in [0.05, 0.1) is 23.1 Å². The number of benzene rings is 1. The van der Waals surface area contributed by atoms with Crippen LogP contribution >= 0.6 is 0 Å². The molecule has 2 aromatic heterocycles. The van der Waals surface area contributed by atoms with E-state index in [4.69, 9.17) is 0 Å². The standard InChI is InChI=1S/C24H29N5O/c1-2-8-23-22(18-26-29(23)21-10-4-3-5-11-21)24(30)28-14-7-13-27(15-16-28)19-20-9-6-12-25-17-20/h3-6,9-12,17-18H,2,7-8,13-16,19H2,1H3. The van der Waals surface area contributed by atoms with Gasteiger partial charge in [0.15, 0.2) is 0 Å². The molecular weight excluding hydrogens is 374 g/mol. The summed E-state index contributed by atoms with van der Waals surface area (Å²) in [4.78, 5) is 22.0. The van der Waals surface area contributed by atoms with E-state index in [1.54, 1.807) is 12.4 Å². The number of pyridine rings is 1. The first-order chi connectivity index (χ1) is 14.8. The molecule has 1 aliphatic rings. The summed E-state index contributed by atoms with van der Waals surface area (Å²) in [6, 6.07) is 14.1. The van der Waals surface area contributed by atoms with Gasteiger partial charge < -0.3 is 4.90 Å². The van der Waals surface area contributed by atoms with Gasteiger partial charge in [-0.3, -0.25) is 14.7 Å². The maximum Gasteiger partial charge on any atom is 0.257 e. The predicted molar refractivity (Wildman–Crippen MR) is 118 cm³/mol. The molecule has 0 N–H and O–H groups in total. The van der Waals surface area contributed by atoms with Crippen LogP contribution in [0.2, 0.25) is 0 Å². The van der Waals surface area contributed by atoms with Crippen LogP contribution in [0.5, 0.6) is 0 Å². The van der Waals surface area contributed by atoms with Gasteiger partial charge in [-0.1, -0.05) is 37.6 Å². The van der Waals surface area contributed by atoms with E-state index in [2.05, 4.69) is 28.0 Å². The Morgan fingerprint density at radius 2 is 1.87 bits per heavy atom. The van der Waals surface area contributed by atoms with Gasteiger partial charge in [-0.25, -0.2) is 4.68 Å². The number of hydrogen-bond acceptors (Lipinski definition) is 4. The van der Waals surface area contributed by atoms with Crippen molar-refractivity contribution in [1.82, 2.24) is 24.6 Å². The lowest BCUT2D eigenvalue weighted by atomic mass is 10.1. The number of hydrogen-bond donors (Lipinski definition) is 0. The quantitative estimate of drug-likeness (QED) is 0.631. The minimum Gasteiger partial charge on any atom is -0.337 e. The molecule has 6 nitrogen and oxygen atoms in total. The van der Waals surface area contributed by atoms with Gasteiger partial charge in [-0.15, -0.1) is 0 Å². The lowest BCUT2D eigenvalue weighted by Crippen LogP contribution is -2.35. The number of rotatable bonds is 6. The predicted octanol–water partition coefficient (Wildman–Crippen LogP) is 3.57. The Morgan fingerprint density at radius 3 is 2.63 bits per heavy atom. The molecule has 0 atom stereocenters. The van der Waals surface area contributed by atoms with Crippen molar-refractivity contribution >= 4 is 5.91 Å². The summed E-state index contributed by atoms with van der Waals surface area (Å²) in [5.41, 5.74) is 3.96. The fourth-order valence-electron chi connectivity index (χ4n) is 4.07. The van der Waals surface area contributed by atoms with Crippen molar-refractivity contribution in [2.24, 2.45) is 0 Å². The second kappa shape index (κ2) is 9.67. The topological polar surface area (TPSA) is 54.3 Å². The van der Waals surface area contributed by atoms with Crippen LogP contribution < -0.4 is 0 Å². The zero-order valence-electron chi connectivity index (χ0n) is 17.6. The summed E-state index contributed by atoms with van der Waals surface area (Å²) in [6.45, 7) is 6.40. The smallest absolute Gasteiger partial charge is 0.257 e. The molecule has 156 valence electrons. The first-order valence-electron chi connectivity index (χ1n) is 10.8. The van der Waals surface area contributed by atoms with E-state index in [-0.39, 0.29) is 5.91 Å². The van der Waals surface area contributed by atoms with Gasteiger partial charge in [0, 0.05) is 45.1 Å². The highest BCUT2D eigenvalue weighted by molar-refractivity contribution is 5.95. The van der Waals surface area contributed by atoms with Crippen LogP contribution in [0, 0.1) is 0 Å². The minimum absolute atomic E-state index is 0.101. The van der Waals surface area contributed by atoms with Crippen molar-refractivity contribution < 1.29 is 4.79 Å². The Balaban J connectivity index is 1.48. The van der Waals surface area contributed by atoms with Gasteiger partial charge in [0.25, 0.3) is 5.91 Å². The van der Waals surface area contributed by atoms with Crippen molar-refractivity contribution in [3.8, 4) is 5.69 Å². The minimum atomic E-state index is 0.101. The maximum atomic E-state index is 13.4. The van der Waals surface area contributed by atoms with E-state index in [0.717, 1.165) is 68.9 Å². The third-order valence-electron chi connectivity index (χ3n) is 5.59. The second-order valence-electron chi connectivity index (χ2n) is 7.79. The molecular formula is C24H29N5O. The molecule has 1 fully saturated rings. The maximum absolute atomic E-state index is 13.4. The van der Waals surface area contributed by atoms with Gasteiger partial charge in [0.2, 0.25) is 0 Å². The van der Waals surface area contributed by atoms with Gasteiger partial charge >= 0.3 is 0 Å². The van der Waals surface area contributed by atoms with Crippen molar-refractivity contribution in [2.45, 2.75) is 32.7 Å². The van der Waals surface area contributed by atoms with Crippen LogP contribution in [-0.4, -0.2) is 56.7 Å². The molecule has 6 heteroatoms. The zero-order valence-corrected chi connectivity index (χ0v) is 17.6. The summed E-state index contributed by atoms with van der Waals surface area (Å²) in [6.07, 6.45) is 8.24. The molecule has 0 aliphatic carbocycles. The molecule has 0 saturated carbocycles. The first-order valence-corrected chi connectivity index (χ1v) is 10.8. The number of para-hydroxylation sites is 1. The molecule has 3 aromatic rings. The number of aromatic nitrogens is 3. The van der Waals surface area contributed by atoms with Gasteiger partial charge in [-0.2, -0.15) is 5.10 Å².